The summed E-state index contributed by atoms with van der Waals surface area (Å²) in [6.07, 6.45) is 3.98. The van der Waals surface area contributed by atoms with Crippen LogP contribution in [0.2, 0.25) is 0 Å². The number of carbonyl (C=O) groups excluding carboxylic acids is 1. The second kappa shape index (κ2) is 4.89. The van der Waals surface area contributed by atoms with Gasteiger partial charge in [-0.25, -0.2) is 4.98 Å². The molecule has 2 aromatic heterocycles. The first kappa shape index (κ1) is 13.4. The second-order valence-corrected chi connectivity index (χ2v) is 6.37. The van der Waals surface area contributed by atoms with E-state index in [2.05, 4.69) is 10.3 Å². The Kier molecular flexibility index (Phi) is 2.98. The van der Waals surface area contributed by atoms with E-state index in [1.165, 1.54) is 4.90 Å². The molecular formula is C15H12N4OS2. The van der Waals surface area contributed by atoms with Gasteiger partial charge < -0.3 is 5.32 Å². The monoisotopic (exact) mass is 328 g/mol. The number of hydrogen-bond acceptors (Lipinski definition) is 4. The largest absolute Gasteiger partial charge is 0.350 e. The lowest BCUT2D eigenvalue weighted by atomic mass is 10.1. The fraction of sp³-hybridized carbons (Fsp3) is 0.133. The molecule has 0 radical (unpaired) electrons. The Labute approximate surface area is 136 Å². The van der Waals surface area contributed by atoms with Gasteiger partial charge in [0.1, 0.15) is 6.04 Å². The summed E-state index contributed by atoms with van der Waals surface area (Å²) in [7, 11) is 0. The lowest BCUT2D eigenvalue weighted by Crippen LogP contribution is -2.30. The molecular weight excluding hydrogens is 316 g/mol. The number of nitrogens with zero attached hydrogens (tertiary/aromatic N) is 3. The van der Waals surface area contributed by atoms with Crippen LogP contribution in [0, 0.1) is 0 Å². The Balaban J connectivity index is 1.67. The Hall–Kier alpha value is -2.25. The van der Waals surface area contributed by atoms with Gasteiger partial charge in [0.25, 0.3) is 5.91 Å². The third-order valence-corrected chi connectivity index (χ3v) is 4.72. The molecule has 0 bridgehead atoms. The first-order valence-corrected chi connectivity index (χ1v) is 8.09. The van der Waals surface area contributed by atoms with Gasteiger partial charge in [-0.15, -0.1) is 11.3 Å². The van der Waals surface area contributed by atoms with Crippen LogP contribution < -0.4 is 10.2 Å². The average molecular weight is 328 g/mol. The number of anilines is 1. The lowest BCUT2D eigenvalue weighted by molar-refractivity contribution is -0.117. The van der Waals surface area contributed by atoms with Gasteiger partial charge in [-0.1, -0.05) is 12.1 Å². The zero-order chi connectivity index (χ0) is 15.3. The molecule has 3 heterocycles. The Bertz CT molecular complexity index is 852. The minimum atomic E-state index is -0.271. The molecule has 1 atom stereocenters. The number of thiocarbonyl (C=S) groups is 1. The molecule has 1 saturated heterocycles. The highest BCUT2D eigenvalue weighted by atomic mass is 32.1. The van der Waals surface area contributed by atoms with E-state index >= 15 is 0 Å². The van der Waals surface area contributed by atoms with E-state index in [4.69, 9.17) is 12.2 Å². The van der Waals surface area contributed by atoms with Gasteiger partial charge in [-0.05, 0) is 31.3 Å². The minimum absolute atomic E-state index is 0.0275. The topological polar surface area (TPSA) is 49.6 Å². The fourth-order valence-corrected chi connectivity index (χ4v) is 3.57. The molecule has 110 valence electrons. The second-order valence-electron chi connectivity index (χ2n) is 5.11. The van der Waals surface area contributed by atoms with Crippen molar-refractivity contribution < 1.29 is 4.79 Å². The number of thiazole rings is 1. The summed E-state index contributed by atoms with van der Waals surface area (Å²) in [4.78, 5) is 19.2. The van der Waals surface area contributed by atoms with Crippen LogP contribution in [-0.2, 0) is 4.79 Å². The van der Waals surface area contributed by atoms with Crippen molar-refractivity contribution in [2.75, 3.05) is 4.90 Å². The van der Waals surface area contributed by atoms with Crippen LogP contribution in [0.25, 0.3) is 16.2 Å². The summed E-state index contributed by atoms with van der Waals surface area (Å²) in [5.74, 6) is -0.0275. The van der Waals surface area contributed by atoms with Gasteiger partial charge >= 0.3 is 0 Å². The molecule has 5 nitrogen and oxygen atoms in total. The van der Waals surface area contributed by atoms with E-state index in [1.54, 1.807) is 18.3 Å². The quantitative estimate of drug-likeness (QED) is 0.735. The smallest absolute Gasteiger partial charge is 0.255 e. The van der Waals surface area contributed by atoms with Gasteiger partial charge in [-0.3, -0.25) is 14.1 Å². The van der Waals surface area contributed by atoms with Crippen LogP contribution in [-0.4, -0.2) is 26.4 Å². The number of amides is 1. The molecule has 1 amide bonds. The molecule has 0 spiro atoms. The fourth-order valence-electron chi connectivity index (χ4n) is 2.50. The van der Waals surface area contributed by atoms with Gasteiger partial charge in [0.2, 0.25) is 0 Å². The summed E-state index contributed by atoms with van der Waals surface area (Å²) >= 11 is 6.82. The maximum atomic E-state index is 12.1. The summed E-state index contributed by atoms with van der Waals surface area (Å²) in [6.45, 7) is 1.81. The van der Waals surface area contributed by atoms with Crippen molar-refractivity contribution in [3.63, 3.8) is 0 Å². The highest BCUT2D eigenvalue weighted by Crippen LogP contribution is 2.26. The van der Waals surface area contributed by atoms with E-state index < -0.39 is 0 Å². The van der Waals surface area contributed by atoms with Gasteiger partial charge in [-0.2, -0.15) is 0 Å². The zero-order valence-corrected chi connectivity index (χ0v) is 13.3. The molecule has 1 N–H and O–H groups in total. The molecule has 1 fully saturated rings. The highest BCUT2D eigenvalue weighted by Gasteiger charge is 2.33. The van der Waals surface area contributed by atoms with E-state index in [1.807, 2.05) is 46.4 Å². The van der Waals surface area contributed by atoms with Gasteiger partial charge in [0.15, 0.2) is 10.1 Å². The predicted molar refractivity (Wildman–Crippen MR) is 91.2 cm³/mol. The van der Waals surface area contributed by atoms with Crippen molar-refractivity contribution in [2.45, 2.75) is 13.0 Å². The summed E-state index contributed by atoms with van der Waals surface area (Å²) < 4.78 is 2.00. The summed E-state index contributed by atoms with van der Waals surface area (Å²) in [5, 5.41) is 5.42. The van der Waals surface area contributed by atoms with Crippen molar-refractivity contribution in [1.82, 2.24) is 14.7 Å². The number of nitrogens with one attached hydrogen (secondary N) is 1. The number of carbonyl (C=O) groups is 1. The Morgan fingerprint density at radius 2 is 2.09 bits per heavy atom. The first-order chi connectivity index (χ1) is 10.6. The number of rotatable bonds is 2. The van der Waals surface area contributed by atoms with Crippen LogP contribution in [0.15, 0.2) is 42.0 Å². The van der Waals surface area contributed by atoms with Crippen LogP contribution in [0.4, 0.5) is 5.69 Å². The van der Waals surface area contributed by atoms with Crippen LogP contribution in [0.5, 0.6) is 0 Å². The van der Waals surface area contributed by atoms with E-state index in [9.17, 15) is 4.79 Å². The normalized spacial score (nSPS) is 18.2. The van der Waals surface area contributed by atoms with Crippen molar-refractivity contribution in [3.8, 4) is 11.3 Å². The Morgan fingerprint density at radius 3 is 2.73 bits per heavy atom. The molecule has 22 heavy (non-hydrogen) atoms. The van der Waals surface area contributed by atoms with Crippen molar-refractivity contribution >= 4 is 45.2 Å². The molecule has 0 aliphatic carbocycles. The number of benzene rings is 1. The molecule has 7 heteroatoms. The molecule has 0 unspecified atom stereocenters. The Morgan fingerprint density at radius 1 is 1.32 bits per heavy atom. The van der Waals surface area contributed by atoms with E-state index in [0.717, 1.165) is 21.9 Å². The molecule has 0 saturated carbocycles. The third kappa shape index (κ3) is 2.01. The van der Waals surface area contributed by atoms with Gasteiger partial charge in [0, 0.05) is 23.3 Å². The summed E-state index contributed by atoms with van der Waals surface area (Å²) in [6, 6.07) is 7.44. The number of aromatic nitrogens is 2. The SMILES string of the molecule is C[C@H]1NC(=S)N(c2ccc(-c3cn4ccsc4n3)cc2)C1=O. The number of imidazole rings is 1. The maximum Gasteiger partial charge on any atom is 0.255 e. The predicted octanol–water partition coefficient (Wildman–Crippen LogP) is 2.67. The van der Waals surface area contributed by atoms with E-state index in [-0.39, 0.29) is 11.9 Å². The molecule has 3 aromatic rings. The van der Waals surface area contributed by atoms with Crippen molar-refractivity contribution in [3.05, 3.63) is 42.0 Å². The maximum absolute atomic E-state index is 12.1. The van der Waals surface area contributed by atoms with Crippen molar-refractivity contribution in [1.29, 1.82) is 0 Å². The minimum Gasteiger partial charge on any atom is -0.350 e. The lowest BCUT2D eigenvalue weighted by Gasteiger charge is -2.14. The van der Waals surface area contributed by atoms with Crippen LogP contribution >= 0.6 is 23.6 Å². The molecule has 4 rings (SSSR count). The molecule has 1 aromatic carbocycles. The molecule has 1 aliphatic rings. The average Bonchev–Trinajstić information content (AvgIpc) is 3.14. The molecule has 1 aliphatic heterocycles. The van der Waals surface area contributed by atoms with E-state index in [0.29, 0.717) is 5.11 Å². The highest BCUT2D eigenvalue weighted by molar-refractivity contribution is 7.80. The number of hydrogen-bond donors (Lipinski definition) is 1. The van der Waals surface area contributed by atoms with Crippen LogP contribution in [0.3, 0.4) is 0 Å². The van der Waals surface area contributed by atoms with Crippen molar-refractivity contribution in [2.24, 2.45) is 0 Å². The summed E-state index contributed by atoms with van der Waals surface area (Å²) in [5.41, 5.74) is 2.70. The zero-order valence-electron chi connectivity index (χ0n) is 11.7. The standard InChI is InChI=1S/C15H12N4OS2/c1-9-13(20)19(14(21)16-9)11-4-2-10(3-5-11)12-8-18-6-7-22-15(18)17-12/h2-9H,1H3,(H,16,21)/t9-/m1/s1. The number of fused-ring (bicyclic) bond motifs is 1. The van der Waals surface area contributed by atoms with Gasteiger partial charge in [0.05, 0.1) is 11.4 Å². The van der Waals surface area contributed by atoms with Crippen LogP contribution in [0.1, 0.15) is 6.92 Å². The third-order valence-electron chi connectivity index (χ3n) is 3.65. The first-order valence-electron chi connectivity index (χ1n) is 6.80.